The number of benzene rings is 1. The van der Waals surface area contributed by atoms with Crippen molar-refractivity contribution >= 4 is 17.6 Å². The fourth-order valence-corrected chi connectivity index (χ4v) is 2.76. The monoisotopic (exact) mass is 312 g/mol. The van der Waals surface area contributed by atoms with E-state index in [2.05, 4.69) is 10.3 Å². The number of rotatable bonds is 4. The third kappa shape index (κ3) is 4.00. The zero-order valence-corrected chi connectivity index (χ0v) is 12.9. The van der Waals surface area contributed by atoms with Crippen molar-refractivity contribution in [1.29, 1.82) is 0 Å². The van der Waals surface area contributed by atoms with E-state index in [1.54, 1.807) is 42.6 Å². The number of aromatic amines is 1. The second kappa shape index (κ2) is 7.13. The molecule has 1 heterocycles. The Bertz CT molecular complexity index is 656. The van der Waals surface area contributed by atoms with E-state index >= 15 is 0 Å². The molecule has 1 aliphatic carbocycles. The number of hydrogen-bond donors (Lipinski definition) is 2. The molecular formula is C18H20N2O3. The summed E-state index contributed by atoms with van der Waals surface area (Å²) in [6.45, 7) is 0. The van der Waals surface area contributed by atoms with Gasteiger partial charge in [-0.2, -0.15) is 0 Å². The highest BCUT2D eigenvalue weighted by atomic mass is 16.5. The first-order chi connectivity index (χ1) is 11.2. The Morgan fingerprint density at radius 3 is 2.43 bits per heavy atom. The van der Waals surface area contributed by atoms with E-state index in [1.807, 2.05) is 0 Å². The van der Waals surface area contributed by atoms with E-state index in [0.29, 0.717) is 16.9 Å². The van der Waals surface area contributed by atoms with E-state index in [-0.39, 0.29) is 18.0 Å². The van der Waals surface area contributed by atoms with Crippen molar-refractivity contribution in [3.63, 3.8) is 0 Å². The molecule has 5 nitrogen and oxygen atoms in total. The molecule has 0 unspecified atom stereocenters. The molecule has 23 heavy (non-hydrogen) atoms. The van der Waals surface area contributed by atoms with Gasteiger partial charge in [-0.1, -0.05) is 6.42 Å². The molecule has 2 N–H and O–H groups in total. The molecule has 0 bridgehead atoms. The summed E-state index contributed by atoms with van der Waals surface area (Å²) in [5.74, 6) is -0.508. The molecule has 0 atom stereocenters. The van der Waals surface area contributed by atoms with Crippen LogP contribution >= 0.6 is 0 Å². The van der Waals surface area contributed by atoms with Gasteiger partial charge in [-0.25, -0.2) is 4.79 Å². The van der Waals surface area contributed by atoms with Crippen LogP contribution in [0.3, 0.4) is 0 Å². The zero-order chi connectivity index (χ0) is 16.1. The molecule has 0 saturated heterocycles. The number of carbonyl (C=O) groups excluding carboxylic acids is 2. The van der Waals surface area contributed by atoms with Crippen LogP contribution in [0.4, 0.5) is 5.69 Å². The Balaban J connectivity index is 1.58. The average molecular weight is 312 g/mol. The van der Waals surface area contributed by atoms with Crippen LogP contribution in [0.1, 0.15) is 53.0 Å². The van der Waals surface area contributed by atoms with Gasteiger partial charge in [0.15, 0.2) is 0 Å². The number of anilines is 1. The number of carbonyl (C=O) groups is 2. The zero-order valence-electron chi connectivity index (χ0n) is 12.9. The van der Waals surface area contributed by atoms with E-state index in [0.717, 1.165) is 25.7 Å². The van der Waals surface area contributed by atoms with E-state index in [9.17, 15) is 9.59 Å². The number of aromatic nitrogens is 1. The molecule has 1 fully saturated rings. The van der Waals surface area contributed by atoms with Gasteiger partial charge in [0.05, 0.1) is 5.56 Å². The van der Waals surface area contributed by atoms with Gasteiger partial charge in [0, 0.05) is 11.9 Å². The first kappa shape index (κ1) is 15.3. The highest BCUT2D eigenvalue weighted by Crippen LogP contribution is 2.21. The van der Waals surface area contributed by atoms with Gasteiger partial charge in [-0.15, -0.1) is 0 Å². The van der Waals surface area contributed by atoms with Crippen molar-refractivity contribution in [3.8, 4) is 0 Å². The Labute approximate surface area is 135 Å². The van der Waals surface area contributed by atoms with Crippen LogP contribution in [-0.4, -0.2) is 23.0 Å². The van der Waals surface area contributed by atoms with Gasteiger partial charge in [0.1, 0.15) is 11.8 Å². The number of amides is 1. The molecule has 3 rings (SSSR count). The Kier molecular flexibility index (Phi) is 4.76. The molecule has 1 aromatic carbocycles. The van der Waals surface area contributed by atoms with Gasteiger partial charge >= 0.3 is 5.97 Å². The van der Waals surface area contributed by atoms with Crippen LogP contribution in [0.2, 0.25) is 0 Å². The Hall–Kier alpha value is -2.56. The molecule has 120 valence electrons. The number of esters is 1. The van der Waals surface area contributed by atoms with Crippen LogP contribution in [0, 0.1) is 0 Å². The maximum atomic E-state index is 12.1. The lowest BCUT2D eigenvalue weighted by Gasteiger charge is -2.21. The van der Waals surface area contributed by atoms with Crippen molar-refractivity contribution < 1.29 is 14.3 Å². The minimum absolute atomic E-state index is 0.0449. The molecule has 0 aliphatic heterocycles. The predicted molar refractivity (Wildman–Crippen MR) is 87.5 cm³/mol. The molecule has 1 aliphatic rings. The normalized spacial score (nSPS) is 15.1. The van der Waals surface area contributed by atoms with Crippen LogP contribution in [0.5, 0.6) is 0 Å². The van der Waals surface area contributed by atoms with Crippen LogP contribution < -0.4 is 5.32 Å². The maximum Gasteiger partial charge on any atom is 0.338 e. The predicted octanol–water partition coefficient (Wildman–Crippen LogP) is 3.76. The van der Waals surface area contributed by atoms with Gasteiger partial charge in [0.2, 0.25) is 0 Å². The lowest BCUT2D eigenvalue weighted by molar-refractivity contribution is 0.0211. The van der Waals surface area contributed by atoms with Crippen molar-refractivity contribution in [3.05, 3.63) is 53.9 Å². The molecule has 1 amide bonds. The van der Waals surface area contributed by atoms with Crippen LogP contribution in [0.25, 0.3) is 0 Å². The fourth-order valence-electron chi connectivity index (χ4n) is 2.76. The fraction of sp³-hybridized carbons (Fsp3) is 0.333. The first-order valence-corrected chi connectivity index (χ1v) is 7.98. The first-order valence-electron chi connectivity index (χ1n) is 7.98. The third-order valence-corrected chi connectivity index (χ3v) is 4.05. The number of hydrogen-bond acceptors (Lipinski definition) is 3. The molecule has 1 saturated carbocycles. The van der Waals surface area contributed by atoms with E-state index < -0.39 is 0 Å². The minimum Gasteiger partial charge on any atom is -0.459 e. The van der Waals surface area contributed by atoms with E-state index in [1.165, 1.54) is 6.42 Å². The largest absolute Gasteiger partial charge is 0.459 e. The molecule has 2 aromatic rings. The summed E-state index contributed by atoms with van der Waals surface area (Å²) in [5.41, 5.74) is 1.64. The van der Waals surface area contributed by atoms with Crippen molar-refractivity contribution in [1.82, 2.24) is 4.98 Å². The number of ether oxygens (including phenoxy) is 1. The van der Waals surface area contributed by atoms with Gasteiger partial charge < -0.3 is 15.0 Å². The second-order valence-electron chi connectivity index (χ2n) is 5.78. The second-order valence-corrected chi connectivity index (χ2v) is 5.78. The smallest absolute Gasteiger partial charge is 0.338 e. The summed E-state index contributed by atoms with van der Waals surface area (Å²) in [6.07, 6.45) is 7.13. The van der Waals surface area contributed by atoms with Gasteiger partial charge in [-0.05, 0) is 62.1 Å². The number of nitrogens with one attached hydrogen (secondary N) is 2. The SMILES string of the molecule is O=C(OC1CCCCC1)c1ccc(NC(=O)c2ccc[nH]2)cc1. The summed E-state index contributed by atoms with van der Waals surface area (Å²) < 4.78 is 5.53. The molecular weight excluding hydrogens is 292 g/mol. The highest BCUT2D eigenvalue weighted by molar-refractivity contribution is 6.03. The Morgan fingerprint density at radius 2 is 1.78 bits per heavy atom. The lowest BCUT2D eigenvalue weighted by Crippen LogP contribution is -2.21. The summed E-state index contributed by atoms with van der Waals surface area (Å²) >= 11 is 0. The summed E-state index contributed by atoms with van der Waals surface area (Å²) in [7, 11) is 0. The minimum atomic E-state index is -0.292. The van der Waals surface area contributed by atoms with Crippen molar-refractivity contribution in [2.45, 2.75) is 38.2 Å². The van der Waals surface area contributed by atoms with Gasteiger partial charge in [-0.3, -0.25) is 4.79 Å². The molecule has 5 heteroatoms. The summed E-state index contributed by atoms with van der Waals surface area (Å²) in [4.78, 5) is 26.9. The molecule has 0 radical (unpaired) electrons. The quantitative estimate of drug-likeness (QED) is 0.844. The van der Waals surface area contributed by atoms with Crippen LogP contribution in [-0.2, 0) is 4.74 Å². The summed E-state index contributed by atoms with van der Waals surface area (Å²) in [5, 5.41) is 2.77. The maximum absolute atomic E-state index is 12.1. The van der Waals surface area contributed by atoms with Crippen molar-refractivity contribution in [2.24, 2.45) is 0 Å². The van der Waals surface area contributed by atoms with E-state index in [4.69, 9.17) is 4.74 Å². The Morgan fingerprint density at radius 1 is 1.04 bits per heavy atom. The topological polar surface area (TPSA) is 71.2 Å². The lowest BCUT2D eigenvalue weighted by atomic mass is 9.98. The molecule has 1 aromatic heterocycles. The molecule has 0 spiro atoms. The summed E-state index contributed by atoms with van der Waals surface area (Å²) in [6, 6.07) is 10.2. The number of H-pyrrole nitrogens is 1. The highest BCUT2D eigenvalue weighted by Gasteiger charge is 2.18. The third-order valence-electron chi connectivity index (χ3n) is 4.05. The van der Waals surface area contributed by atoms with Crippen LogP contribution in [0.15, 0.2) is 42.6 Å². The average Bonchev–Trinajstić information content (AvgIpc) is 3.11. The van der Waals surface area contributed by atoms with Gasteiger partial charge in [0.25, 0.3) is 5.91 Å². The van der Waals surface area contributed by atoms with Crippen molar-refractivity contribution in [2.75, 3.05) is 5.32 Å². The standard InChI is InChI=1S/C18H20N2O3/c21-17(16-7-4-12-19-16)20-14-10-8-13(9-11-14)18(22)23-15-5-2-1-3-6-15/h4,7-12,15,19H,1-3,5-6H2,(H,20,21).